The van der Waals surface area contributed by atoms with Crippen molar-refractivity contribution >= 4 is 28.7 Å². The van der Waals surface area contributed by atoms with Crippen LogP contribution in [0.3, 0.4) is 0 Å². The Morgan fingerprint density at radius 1 is 1.21 bits per heavy atom. The highest BCUT2D eigenvalue weighted by Crippen LogP contribution is 2.28. The number of benzene rings is 2. The minimum atomic E-state index is -0.332. The van der Waals surface area contributed by atoms with E-state index in [-0.39, 0.29) is 23.0 Å². The Labute approximate surface area is 168 Å². The molecule has 0 aliphatic carbocycles. The molecule has 0 aliphatic heterocycles. The van der Waals surface area contributed by atoms with Gasteiger partial charge in [0.05, 0.1) is 28.9 Å². The molecule has 1 amide bonds. The number of methoxy groups -OCH3 is 1. The third kappa shape index (κ3) is 4.72. The van der Waals surface area contributed by atoms with E-state index in [0.717, 1.165) is 21.8 Å². The maximum atomic E-state index is 13.1. The second-order valence-corrected chi connectivity index (χ2v) is 7.88. The summed E-state index contributed by atoms with van der Waals surface area (Å²) in [5, 5.41) is 3.44. The number of hydrogen-bond acceptors (Lipinski definition) is 4. The van der Waals surface area contributed by atoms with Crippen LogP contribution in [0.1, 0.15) is 25.5 Å². The average molecular weight is 402 g/mol. The molecule has 0 aliphatic rings. The van der Waals surface area contributed by atoms with Crippen LogP contribution in [-0.2, 0) is 16.1 Å². The van der Waals surface area contributed by atoms with Crippen molar-refractivity contribution in [2.75, 3.05) is 13.7 Å². The van der Waals surface area contributed by atoms with Crippen LogP contribution in [0, 0.1) is 5.82 Å². The van der Waals surface area contributed by atoms with Crippen LogP contribution >= 0.6 is 11.8 Å². The van der Waals surface area contributed by atoms with Crippen LogP contribution in [0.2, 0.25) is 0 Å². The summed E-state index contributed by atoms with van der Waals surface area (Å²) in [6, 6.07) is 13.9. The standard InChI is InChI=1S/C21H24FN3O2S/c1-14(16-8-10-17(22)11-9-16)23-20(26)15(2)28-21-24-18-6-4-5-7-19(18)25(21)12-13-27-3/h4-11,14-15H,12-13H2,1-3H3,(H,23,26)/t14-,15-/m0/s1. The zero-order valence-corrected chi connectivity index (χ0v) is 17.0. The number of thioether (sulfide) groups is 1. The van der Waals surface area contributed by atoms with Gasteiger partial charge in [0, 0.05) is 13.7 Å². The molecule has 0 bridgehead atoms. The highest BCUT2D eigenvalue weighted by atomic mass is 32.2. The number of nitrogens with zero attached hydrogens (tertiary/aromatic N) is 2. The summed E-state index contributed by atoms with van der Waals surface area (Å²) in [6.07, 6.45) is 0. The first-order chi connectivity index (χ1) is 13.5. The molecule has 3 aromatic rings. The summed E-state index contributed by atoms with van der Waals surface area (Å²) >= 11 is 1.42. The van der Waals surface area contributed by atoms with E-state index in [1.54, 1.807) is 19.2 Å². The second-order valence-electron chi connectivity index (χ2n) is 6.57. The predicted molar refractivity (Wildman–Crippen MR) is 110 cm³/mol. The number of fused-ring (bicyclic) bond motifs is 1. The topological polar surface area (TPSA) is 56.1 Å². The van der Waals surface area contributed by atoms with Crippen molar-refractivity contribution in [3.05, 3.63) is 59.9 Å². The lowest BCUT2D eigenvalue weighted by Crippen LogP contribution is -2.33. The SMILES string of the molecule is COCCn1c(S[C@@H](C)C(=O)N[C@@H](C)c2ccc(F)cc2)nc2ccccc21. The largest absolute Gasteiger partial charge is 0.383 e. The molecule has 3 rings (SSSR count). The highest BCUT2D eigenvalue weighted by Gasteiger charge is 2.21. The Kier molecular flexibility index (Phi) is 6.70. The summed E-state index contributed by atoms with van der Waals surface area (Å²) in [4.78, 5) is 17.4. The number of nitrogens with one attached hydrogen (secondary N) is 1. The van der Waals surface area contributed by atoms with Crippen LogP contribution < -0.4 is 5.32 Å². The van der Waals surface area contributed by atoms with Crippen LogP contribution in [0.4, 0.5) is 4.39 Å². The number of aromatic nitrogens is 2. The fourth-order valence-corrected chi connectivity index (χ4v) is 3.88. The summed E-state index contributed by atoms with van der Waals surface area (Å²) in [6.45, 7) is 4.98. The van der Waals surface area contributed by atoms with E-state index in [0.29, 0.717) is 13.2 Å². The molecule has 2 aromatic carbocycles. The normalized spacial score (nSPS) is 13.4. The van der Waals surface area contributed by atoms with Gasteiger partial charge < -0.3 is 14.6 Å². The van der Waals surface area contributed by atoms with Crippen molar-refractivity contribution in [2.24, 2.45) is 0 Å². The van der Waals surface area contributed by atoms with Crippen LogP contribution in [-0.4, -0.2) is 34.4 Å². The maximum Gasteiger partial charge on any atom is 0.233 e. The molecular formula is C21H24FN3O2S. The van der Waals surface area contributed by atoms with Crippen molar-refractivity contribution in [3.8, 4) is 0 Å². The van der Waals surface area contributed by atoms with E-state index in [1.165, 1.54) is 23.9 Å². The molecule has 0 spiro atoms. The first-order valence-corrected chi connectivity index (χ1v) is 10.0. The molecule has 28 heavy (non-hydrogen) atoms. The fraction of sp³-hybridized carbons (Fsp3) is 0.333. The van der Waals surface area contributed by atoms with Gasteiger partial charge in [-0.25, -0.2) is 9.37 Å². The van der Waals surface area contributed by atoms with Crippen molar-refractivity contribution in [1.82, 2.24) is 14.9 Å². The van der Waals surface area contributed by atoms with Crippen molar-refractivity contribution in [3.63, 3.8) is 0 Å². The summed E-state index contributed by atoms with van der Waals surface area (Å²) in [7, 11) is 1.67. The highest BCUT2D eigenvalue weighted by molar-refractivity contribution is 8.00. The zero-order chi connectivity index (χ0) is 20.1. The molecule has 148 valence electrons. The molecule has 2 atom stereocenters. The van der Waals surface area contributed by atoms with Crippen molar-refractivity contribution < 1.29 is 13.9 Å². The third-order valence-electron chi connectivity index (χ3n) is 4.52. The zero-order valence-electron chi connectivity index (χ0n) is 16.2. The number of hydrogen-bond donors (Lipinski definition) is 1. The van der Waals surface area contributed by atoms with E-state index >= 15 is 0 Å². The van der Waals surface area contributed by atoms with Gasteiger partial charge in [0.15, 0.2) is 5.16 Å². The van der Waals surface area contributed by atoms with Crippen molar-refractivity contribution in [2.45, 2.75) is 36.8 Å². The van der Waals surface area contributed by atoms with Gasteiger partial charge >= 0.3 is 0 Å². The van der Waals surface area contributed by atoms with Gasteiger partial charge in [-0.3, -0.25) is 4.79 Å². The number of amides is 1. The molecule has 1 heterocycles. The number of imidazole rings is 1. The summed E-state index contributed by atoms with van der Waals surface area (Å²) < 4.78 is 20.4. The quantitative estimate of drug-likeness (QED) is 0.576. The fourth-order valence-electron chi connectivity index (χ4n) is 2.92. The lowest BCUT2D eigenvalue weighted by atomic mass is 10.1. The Bertz CT molecular complexity index is 942. The number of halogens is 1. The van der Waals surface area contributed by atoms with Gasteiger partial charge in [0.2, 0.25) is 5.91 Å². The van der Waals surface area contributed by atoms with Gasteiger partial charge in [-0.05, 0) is 43.7 Å². The van der Waals surface area contributed by atoms with Gasteiger partial charge in [-0.1, -0.05) is 36.0 Å². The van der Waals surface area contributed by atoms with Crippen LogP contribution in [0.5, 0.6) is 0 Å². The molecule has 5 nitrogen and oxygen atoms in total. The monoisotopic (exact) mass is 401 g/mol. The lowest BCUT2D eigenvalue weighted by molar-refractivity contribution is -0.120. The number of ether oxygens (including phenoxy) is 1. The van der Waals surface area contributed by atoms with Crippen molar-refractivity contribution in [1.29, 1.82) is 0 Å². The third-order valence-corrected chi connectivity index (χ3v) is 5.61. The molecule has 1 N–H and O–H groups in total. The molecular weight excluding hydrogens is 377 g/mol. The van der Waals surface area contributed by atoms with Crippen LogP contribution in [0.25, 0.3) is 11.0 Å². The second kappa shape index (κ2) is 9.21. The maximum absolute atomic E-state index is 13.1. The smallest absolute Gasteiger partial charge is 0.233 e. The Balaban J connectivity index is 1.72. The van der Waals surface area contributed by atoms with E-state index < -0.39 is 0 Å². The molecule has 0 unspecified atom stereocenters. The molecule has 1 aromatic heterocycles. The minimum absolute atomic E-state index is 0.0906. The van der Waals surface area contributed by atoms with Gasteiger partial charge in [-0.2, -0.15) is 0 Å². The Morgan fingerprint density at radius 2 is 1.93 bits per heavy atom. The molecule has 0 saturated carbocycles. The first-order valence-electron chi connectivity index (χ1n) is 9.16. The van der Waals surface area contributed by atoms with E-state index in [2.05, 4.69) is 14.9 Å². The van der Waals surface area contributed by atoms with Gasteiger partial charge in [-0.15, -0.1) is 0 Å². The van der Waals surface area contributed by atoms with Crippen LogP contribution in [0.15, 0.2) is 53.7 Å². The van der Waals surface area contributed by atoms with E-state index in [4.69, 9.17) is 4.74 Å². The number of carbonyl (C=O) groups is 1. The number of carbonyl (C=O) groups excluding carboxylic acids is 1. The summed E-state index contributed by atoms with van der Waals surface area (Å²) in [5.74, 6) is -0.381. The predicted octanol–water partition coefficient (Wildman–Crippen LogP) is 4.18. The van der Waals surface area contributed by atoms with E-state index in [9.17, 15) is 9.18 Å². The molecule has 7 heteroatoms. The first kappa shape index (κ1) is 20.4. The van der Waals surface area contributed by atoms with Gasteiger partial charge in [0.25, 0.3) is 0 Å². The van der Waals surface area contributed by atoms with E-state index in [1.807, 2.05) is 38.1 Å². The minimum Gasteiger partial charge on any atom is -0.383 e. The Morgan fingerprint density at radius 3 is 2.64 bits per heavy atom. The molecule has 0 radical (unpaired) electrons. The average Bonchev–Trinajstić information content (AvgIpc) is 3.03. The van der Waals surface area contributed by atoms with Gasteiger partial charge in [0.1, 0.15) is 5.82 Å². The number of rotatable bonds is 8. The lowest BCUT2D eigenvalue weighted by Gasteiger charge is -2.18. The number of para-hydroxylation sites is 2. The Hall–Kier alpha value is -2.38. The molecule has 0 fully saturated rings. The molecule has 0 saturated heterocycles. The summed E-state index contributed by atoms with van der Waals surface area (Å²) in [5.41, 5.74) is 2.78.